The van der Waals surface area contributed by atoms with Gasteiger partial charge in [-0.25, -0.2) is 0 Å². The second-order valence-corrected chi connectivity index (χ2v) is 6.47. The first-order valence-corrected chi connectivity index (χ1v) is 5.93. The SMILES string of the molecule is CC(C)(C)CC1CC2(CCNC2)CN1. The van der Waals surface area contributed by atoms with Crippen LogP contribution in [0.3, 0.4) is 0 Å². The molecule has 2 aliphatic heterocycles. The molecular weight excluding hydrogens is 172 g/mol. The molecule has 2 heteroatoms. The van der Waals surface area contributed by atoms with E-state index in [-0.39, 0.29) is 0 Å². The van der Waals surface area contributed by atoms with E-state index in [1.807, 2.05) is 0 Å². The van der Waals surface area contributed by atoms with Crippen LogP contribution in [0.1, 0.15) is 40.0 Å². The maximum Gasteiger partial charge on any atom is 0.00785 e. The largest absolute Gasteiger partial charge is 0.316 e. The smallest absolute Gasteiger partial charge is 0.00785 e. The predicted octanol–water partition coefficient (Wildman–Crippen LogP) is 1.76. The number of nitrogens with one attached hydrogen (secondary N) is 2. The van der Waals surface area contributed by atoms with Crippen LogP contribution in [0, 0.1) is 10.8 Å². The highest BCUT2D eigenvalue weighted by Crippen LogP contribution is 2.38. The predicted molar refractivity (Wildman–Crippen MR) is 60.4 cm³/mol. The third-order valence-electron chi connectivity index (χ3n) is 3.64. The van der Waals surface area contributed by atoms with Gasteiger partial charge >= 0.3 is 0 Å². The van der Waals surface area contributed by atoms with E-state index in [9.17, 15) is 0 Å². The second-order valence-electron chi connectivity index (χ2n) is 6.47. The molecule has 1 spiro atoms. The van der Waals surface area contributed by atoms with Gasteiger partial charge in [0.05, 0.1) is 0 Å². The maximum atomic E-state index is 3.71. The van der Waals surface area contributed by atoms with E-state index in [1.165, 1.54) is 38.9 Å². The molecule has 2 heterocycles. The van der Waals surface area contributed by atoms with E-state index in [0.717, 1.165) is 6.04 Å². The van der Waals surface area contributed by atoms with Gasteiger partial charge in [-0.2, -0.15) is 0 Å². The van der Waals surface area contributed by atoms with Crippen molar-refractivity contribution in [3.63, 3.8) is 0 Å². The summed E-state index contributed by atoms with van der Waals surface area (Å²) in [6, 6.07) is 0.759. The standard InChI is InChI=1S/C12H24N2/c1-11(2,3)6-10-7-12(9-14-10)4-5-13-8-12/h10,13-14H,4-9H2,1-3H3. The van der Waals surface area contributed by atoms with Gasteiger partial charge in [-0.05, 0) is 36.6 Å². The van der Waals surface area contributed by atoms with Crippen molar-refractivity contribution in [3.8, 4) is 0 Å². The Kier molecular flexibility index (Phi) is 2.61. The topological polar surface area (TPSA) is 24.1 Å². The van der Waals surface area contributed by atoms with Crippen molar-refractivity contribution >= 4 is 0 Å². The maximum absolute atomic E-state index is 3.71. The average Bonchev–Trinajstić information content (AvgIpc) is 2.60. The molecule has 2 unspecified atom stereocenters. The van der Waals surface area contributed by atoms with Crippen LogP contribution in [0.2, 0.25) is 0 Å². The third-order valence-corrected chi connectivity index (χ3v) is 3.64. The third kappa shape index (κ3) is 2.29. The van der Waals surface area contributed by atoms with Crippen LogP contribution in [0.15, 0.2) is 0 Å². The summed E-state index contributed by atoms with van der Waals surface area (Å²) in [5.41, 5.74) is 1.07. The van der Waals surface area contributed by atoms with Crippen molar-refractivity contribution in [1.82, 2.24) is 10.6 Å². The average molecular weight is 196 g/mol. The first-order valence-electron chi connectivity index (χ1n) is 5.93. The van der Waals surface area contributed by atoms with Crippen molar-refractivity contribution in [2.45, 2.75) is 46.1 Å². The molecule has 0 saturated carbocycles. The molecule has 0 radical (unpaired) electrons. The van der Waals surface area contributed by atoms with Crippen LogP contribution in [-0.4, -0.2) is 25.7 Å². The van der Waals surface area contributed by atoms with Crippen LogP contribution >= 0.6 is 0 Å². The summed E-state index contributed by atoms with van der Waals surface area (Å²) in [6.45, 7) is 10.7. The van der Waals surface area contributed by atoms with Crippen LogP contribution < -0.4 is 10.6 Å². The Morgan fingerprint density at radius 3 is 2.64 bits per heavy atom. The van der Waals surface area contributed by atoms with Crippen LogP contribution in [0.5, 0.6) is 0 Å². The Morgan fingerprint density at radius 1 is 1.29 bits per heavy atom. The first kappa shape index (κ1) is 10.4. The van der Waals surface area contributed by atoms with Gasteiger partial charge in [0.25, 0.3) is 0 Å². The zero-order chi connectivity index (χ0) is 10.2. The lowest BCUT2D eigenvalue weighted by molar-refractivity contribution is 0.301. The molecule has 0 bridgehead atoms. The number of hydrogen-bond donors (Lipinski definition) is 2. The molecule has 0 aromatic heterocycles. The summed E-state index contributed by atoms with van der Waals surface area (Å²) in [4.78, 5) is 0. The quantitative estimate of drug-likeness (QED) is 0.668. The van der Waals surface area contributed by atoms with E-state index >= 15 is 0 Å². The molecule has 2 nitrogen and oxygen atoms in total. The summed E-state index contributed by atoms with van der Waals surface area (Å²) in [5.74, 6) is 0. The minimum absolute atomic E-state index is 0.467. The zero-order valence-electron chi connectivity index (χ0n) is 9.82. The molecule has 0 aromatic carbocycles. The summed E-state index contributed by atoms with van der Waals surface area (Å²) in [7, 11) is 0. The Morgan fingerprint density at radius 2 is 2.07 bits per heavy atom. The Hall–Kier alpha value is -0.0800. The van der Waals surface area contributed by atoms with Gasteiger partial charge in [-0.15, -0.1) is 0 Å². The molecular formula is C12H24N2. The lowest BCUT2D eigenvalue weighted by Gasteiger charge is -2.24. The van der Waals surface area contributed by atoms with Crippen LogP contribution in [-0.2, 0) is 0 Å². The summed E-state index contributed by atoms with van der Waals surface area (Å²) >= 11 is 0. The number of rotatable bonds is 1. The lowest BCUT2D eigenvalue weighted by Crippen LogP contribution is -2.27. The molecule has 82 valence electrons. The fourth-order valence-corrected chi connectivity index (χ4v) is 3.03. The Balaban J connectivity index is 1.88. The van der Waals surface area contributed by atoms with Gasteiger partial charge < -0.3 is 10.6 Å². The molecule has 2 aliphatic rings. The fourth-order valence-electron chi connectivity index (χ4n) is 3.03. The van der Waals surface area contributed by atoms with Gasteiger partial charge in [-0.3, -0.25) is 0 Å². The molecule has 14 heavy (non-hydrogen) atoms. The van der Waals surface area contributed by atoms with Gasteiger partial charge in [0, 0.05) is 19.1 Å². The fraction of sp³-hybridized carbons (Fsp3) is 1.00. The molecule has 2 fully saturated rings. The van der Waals surface area contributed by atoms with Gasteiger partial charge in [-0.1, -0.05) is 20.8 Å². The summed E-state index contributed by atoms with van der Waals surface area (Å²) in [5, 5.41) is 7.20. The van der Waals surface area contributed by atoms with Crippen molar-refractivity contribution < 1.29 is 0 Å². The van der Waals surface area contributed by atoms with Gasteiger partial charge in [0.1, 0.15) is 0 Å². The highest BCUT2D eigenvalue weighted by atomic mass is 15.0. The minimum atomic E-state index is 0.467. The van der Waals surface area contributed by atoms with Gasteiger partial charge in [0.2, 0.25) is 0 Å². The van der Waals surface area contributed by atoms with Crippen LogP contribution in [0.25, 0.3) is 0 Å². The highest BCUT2D eigenvalue weighted by Gasteiger charge is 2.41. The molecule has 2 rings (SSSR count). The summed E-state index contributed by atoms with van der Waals surface area (Å²) in [6.07, 6.45) is 4.08. The van der Waals surface area contributed by atoms with E-state index in [4.69, 9.17) is 0 Å². The number of hydrogen-bond acceptors (Lipinski definition) is 2. The highest BCUT2D eigenvalue weighted by molar-refractivity contribution is 4.99. The van der Waals surface area contributed by atoms with Crippen molar-refractivity contribution in [2.75, 3.05) is 19.6 Å². The van der Waals surface area contributed by atoms with Gasteiger partial charge in [0.15, 0.2) is 0 Å². The lowest BCUT2D eigenvalue weighted by atomic mass is 9.80. The van der Waals surface area contributed by atoms with Crippen LogP contribution in [0.4, 0.5) is 0 Å². The van der Waals surface area contributed by atoms with Crippen molar-refractivity contribution in [3.05, 3.63) is 0 Å². The minimum Gasteiger partial charge on any atom is -0.316 e. The Bertz CT molecular complexity index is 199. The monoisotopic (exact) mass is 196 g/mol. The normalized spacial score (nSPS) is 38.4. The van der Waals surface area contributed by atoms with Crippen molar-refractivity contribution in [1.29, 1.82) is 0 Å². The molecule has 0 amide bonds. The van der Waals surface area contributed by atoms with E-state index in [1.54, 1.807) is 0 Å². The second kappa shape index (κ2) is 3.49. The zero-order valence-corrected chi connectivity index (χ0v) is 9.82. The molecule has 2 atom stereocenters. The molecule has 0 aromatic rings. The van der Waals surface area contributed by atoms with E-state index in [2.05, 4.69) is 31.4 Å². The molecule has 0 aliphatic carbocycles. The van der Waals surface area contributed by atoms with Crippen molar-refractivity contribution in [2.24, 2.45) is 10.8 Å². The summed E-state index contributed by atoms with van der Waals surface area (Å²) < 4.78 is 0. The Labute approximate surface area is 87.8 Å². The molecule has 2 saturated heterocycles. The van der Waals surface area contributed by atoms with E-state index < -0.39 is 0 Å². The van der Waals surface area contributed by atoms with E-state index in [0.29, 0.717) is 10.8 Å². The first-order chi connectivity index (χ1) is 6.49. The molecule has 2 N–H and O–H groups in total.